The second-order valence-corrected chi connectivity index (χ2v) is 2.44. The second-order valence-electron chi connectivity index (χ2n) is 2.44. The molecule has 58 valence electrons. The number of aliphatic hydroxyl groups excluding tert-OH is 1. The normalized spacial score (nSPS) is 10.7. The fourth-order valence-electron chi connectivity index (χ4n) is 0.371. The highest BCUT2D eigenvalue weighted by Gasteiger charge is 2.13. The van der Waals surface area contributed by atoms with Crippen LogP contribution in [0.2, 0.25) is 0 Å². The minimum absolute atomic E-state index is 0. The Kier molecular flexibility index (Phi) is 6.12. The Morgan fingerprint density at radius 2 is 1.89 bits per heavy atom. The van der Waals surface area contributed by atoms with Gasteiger partial charge in [-0.05, 0) is 20.3 Å². The predicted octanol–water partition coefficient (Wildman–Crippen LogP) is -0.0309. The van der Waals surface area contributed by atoms with E-state index in [-0.39, 0.29) is 17.7 Å². The third kappa shape index (κ3) is 5.76. The number of hydrogen-bond donors (Lipinski definition) is 1. The molecule has 0 aromatic carbocycles. The summed E-state index contributed by atoms with van der Waals surface area (Å²) in [6.07, 6.45) is 0.698. The zero-order chi connectivity index (χ0) is 6.62. The molecule has 0 atom stereocenters. The Hall–Kier alpha value is -0.120. The average Bonchev–Trinajstić information content (AvgIpc) is 1.67. The van der Waals surface area contributed by atoms with Crippen LogP contribution < -0.4 is 0 Å². The molecule has 0 aliphatic rings. The van der Waals surface area contributed by atoms with E-state index in [9.17, 15) is 0 Å². The molecule has 0 amide bonds. The van der Waals surface area contributed by atoms with Crippen LogP contribution in [0.5, 0.6) is 0 Å². The molecular weight excluding hydrogens is 120 g/mol. The molecule has 0 heterocycles. The number of ether oxygens (including phenoxy) is 1. The minimum atomic E-state index is -0.158. The maximum atomic E-state index is 8.45. The largest absolute Gasteiger partial charge is 0.412 e. The average molecular weight is 136 g/mol. The SMILES string of the molecule is COC(C)(C)CCO.O. The highest BCUT2D eigenvalue weighted by atomic mass is 16.5. The van der Waals surface area contributed by atoms with Gasteiger partial charge in [-0.1, -0.05) is 0 Å². The first-order valence-corrected chi connectivity index (χ1v) is 2.78. The molecule has 0 saturated heterocycles. The van der Waals surface area contributed by atoms with Gasteiger partial charge in [-0.3, -0.25) is 0 Å². The van der Waals surface area contributed by atoms with E-state index in [1.807, 2.05) is 13.8 Å². The van der Waals surface area contributed by atoms with Crippen molar-refractivity contribution in [2.24, 2.45) is 0 Å². The molecule has 0 radical (unpaired) electrons. The quantitative estimate of drug-likeness (QED) is 0.592. The molecule has 0 spiro atoms. The Labute approximate surface area is 56.0 Å². The van der Waals surface area contributed by atoms with E-state index < -0.39 is 0 Å². The smallest absolute Gasteiger partial charge is 0.0644 e. The summed E-state index contributed by atoms with van der Waals surface area (Å²) in [4.78, 5) is 0. The molecule has 0 fully saturated rings. The summed E-state index contributed by atoms with van der Waals surface area (Å²) in [6, 6.07) is 0. The summed E-state index contributed by atoms with van der Waals surface area (Å²) in [6.45, 7) is 4.09. The minimum Gasteiger partial charge on any atom is -0.412 e. The fraction of sp³-hybridized carbons (Fsp3) is 1.00. The Bertz CT molecular complexity index is 61.3. The number of hydrogen-bond acceptors (Lipinski definition) is 2. The molecule has 3 N–H and O–H groups in total. The van der Waals surface area contributed by atoms with Crippen molar-refractivity contribution in [1.82, 2.24) is 0 Å². The number of rotatable bonds is 3. The molecule has 0 rings (SSSR count). The van der Waals surface area contributed by atoms with Crippen LogP contribution in [0.1, 0.15) is 20.3 Å². The molecule has 0 bridgehead atoms. The summed E-state index contributed by atoms with van der Waals surface area (Å²) in [5.74, 6) is 0. The molecule has 0 unspecified atom stereocenters. The number of methoxy groups -OCH3 is 1. The Balaban J connectivity index is 0. The molecule has 0 saturated carbocycles. The standard InChI is InChI=1S/C6H14O2.H2O/c1-6(2,8-3)4-5-7;/h7H,4-5H2,1-3H3;1H2. The zero-order valence-electron chi connectivity index (χ0n) is 6.27. The van der Waals surface area contributed by atoms with Crippen LogP contribution in [0.25, 0.3) is 0 Å². The molecule has 0 aliphatic heterocycles. The van der Waals surface area contributed by atoms with Crippen LogP contribution in [0.3, 0.4) is 0 Å². The summed E-state index contributed by atoms with van der Waals surface area (Å²) in [5, 5.41) is 8.45. The van der Waals surface area contributed by atoms with E-state index in [4.69, 9.17) is 9.84 Å². The lowest BCUT2D eigenvalue weighted by atomic mass is 10.1. The fourth-order valence-corrected chi connectivity index (χ4v) is 0.371. The topological polar surface area (TPSA) is 61.0 Å². The van der Waals surface area contributed by atoms with E-state index in [2.05, 4.69) is 0 Å². The Morgan fingerprint density at radius 1 is 1.44 bits per heavy atom. The van der Waals surface area contributed by atoms with Crippen LogP contribution in [-0.4, -0.2) is 29.9 Å². The van der Waals surface area contributed by atoms with Crippen LogP contribution in [0, 0.1) is 0 Å². The van der Waals surface area contributed by atoms with Crippen molar-refractivity contribution in [2.75, 3.05) is 13.7 Å². The first-order chi connectivity index (χ1) is 3.62. The van der Waals surface area contributed by atoms with Gasteiger partial charge in [-0.25, -0.2) is 0 Å². The lowest BCUT2D eigenvalue weighted by Gasteiger charge is -2.20. The van der Waals surface area contributed by atoms with Gasteiger partial charge < -0.3 is 15.3 Å². The summed E-state index contributed by atoms with van der Waals surface area (Å²) < 4.78 is 5.02. The highest BCUT2D eigenvalue weighted by molar-refractivity contribution is 4.65. The van der Waals surface area contributed by atoms with Crippen LogP contribution in [0.4, 0.5) is 0 Å². The van der Waals surface area contributed by atoms with Crippen LogP contribution in [-0.2, 0) is 4.74 Å². The summed E-state index contributed by atoms with van der Waals surface area (Å²) in [7, 11) is 1.65. The second kappa shape index (κ2) is 4.73. The molecule has 0 aliphatic carbocycles. The van der Waals surface area contributed by atoms with Gasteiger partial charge in [0, 0.05) is 13.7 Å². The first kappa shape index (κ1) is 11.6. The summed E-state index contributed by atoms with van der Waals surface area (Å²) in [5.41, 5.74) is -0.158. The molecule has 0 aromatic heterocycles. The Morgan fingerprint density at radius 3 is 2.00 bits per heavy atom. The monoisotopic (exact) mass is 136 g/mol. The molecule has 0 aromatic rings. The van der Waals surface area contributed by atoms with Gasteiger partial charge in [0.2, 0.25) is 0 Å². The van der Waals surface area contributed by atoms with Crippen molar-refractivity contribution in [3.63, 3.8) is 0 Å². The van der Waals surface area contributed by atoms with Gasteiger partial charge in [-0.2, -0.15) is 0 Å². The third-order valence-corrected chi connectivity index (χ3v) is 1.27. The van der Waals surface area contributed by atoms with E-state index >= 15 is 0 Å². The van der Waals surface area contributed by atoms with Gasteiger partial charge in [0.25, 0.3) is 0 Å². The van der Waals surface area contributed by atoms with Gasteiger partial charge in [-0.15, -0.1) is 0 Å². The molecule has 9 heavy (non-hydrogen) atoms. The van der Waals surface area contributed by atoms with Crippen LogP contribution >= 0.6 is 0 Å². The van der Waals surface area contributed by atoms with Crippen LogP contribution in [0.15, 0.2) is 0 Å². The first-order valence-electron chi connectivity index (χ1n) is 2.78. The van der Waals surface area contributed by atoms with E-state index in [1.54, 1.807) is 7.11 Å². The van der Waals surface area contributed by atoms with Gasteiger partial charge in [0.15, 0.2) is 0 Å². The van der Waals surface area contributed by atoms with E-state index in [1.165, 1.54) is 0 Å². The van der Waals surface area contributed by atoms with E-state index in [0.29, 0.717) is 6.42 Å². The maximum absolute atomic E-state index is 8.45. The predicted molar refractivity (Wildman–Crippen MR) is 36.4 cm³/mol. The summed E-state index contributed by atoms with van der Waals surface area (Å²) >= 11 is 0. The van der Waals surface area contributed by atoms with E-state index in [0.717, 1.165) is 0 Å². The molecule has 3 nitrogen and oxygen atoms in total. The van der Waals surface area contributed by atoms with Gasteiger partial charge in [0.05, 0.1) is 5.60 Å². The number of aliphatic hydroxyl groups is 1. The van der Waals surface area contributed by atoms with Gasteiger partial charge >= 0.3 is 0 Å². The molecular formula is C6H16O3. The maximum Gasteiger partial charge on any atom is 0.0644 e. The van der Waals surface area contributed by atoms with Crippen molar-refractivity contribution in [1.29, 1.82) is 0 Å². The van der Waals surface area contributed by atoms with Crippen molar-refractivity contribution < 1.29 is 15.3 Å². The lowest BCUT2D eigenvalue weighted by molar-refractivity contribution is 0.00293. The zero-order valence-corrected chi connectivity index (χ0v) is 6.27. The van der Waals surface area contributed by atoms with Gasteiger partial charge in [0.1, 0.15) is 0 Å². The van der Waals surface area contributed by atoms with Crippen molar-refractivity contribution in [2.45, 2.75) is 25.9 Å². The van der Waals surface area contributed by atoms with Crippen molar-refractivity contribution in [3.05, 3.63) is 0 Å². The third-order valence-electron chi connectivity index (χ3n) is 1.27. The lowest BCUT2D eigenvalue weighted by Crippen LogP contribution is -2.23. The molecule has 3 heteroatoms. The highest BCUT2D eigenvalue weighted by Crippen LogP contribution is 2.10. The van der Waals surface area contributed by atoms with Crippen molar-refractivity contribution >= 4 is 0 Å². The van der Waals surface area contributed by atoms with Crippen molar-refractivity contribution in [3.8, 4) is 0 Å².